The first-order chi connectivity index (χ1) is 10.7. The molecule has 3 rings (SSSR count). The fourth-order valence-electron chi connectivity index (χ4n) is 2.66. The lowest BCUT2D eigenvalue weighted by Gasteiger charge is -2.33. The molecule has 0 aliphatic carbocycles. The Hall–Kier alpha value is -2.50. The van der Waals surface area contributed by atoms with Crippen LogP contribution in [0.5, 0.6) is 0 Å². The van der Waals surface area contributed by atoms with Crippen molar-refractivity contribution in [3.05, 3.63) is 48.0 Å². The third kappa shape index (κ3) is 3.39. The lowest BCUT2D eigenvalue weighted by atomic mass is 10.1. The Bertz CT molecular complexity index is 646. The minimum Gasteiger partial charge on any atom is -0.346 e. The van der Waals surface area contributed by atoms with Crippen molar-refractivity contribution in [2.45, 2.75) is 25.8 Å². The zero-order valence-corrected chi connectivity index (χ0v) is 12.6. The minimum absolute atomic E-state index is 0.0902. The summed E-state index contributed by atoms with van der Waals surface area (Å²) in [4.78, 5) is 27.2. The highest BCUT2D eigenvalue weighted by Crippen LogP contribution is 2.15. The Balaban J connectivity index is 1.64. The maximum absolute atomic E-state index is 12.3. The average molecular weight is 297 g/mol. The van der Waals surface area contributed by atoms with Gasteiger partial charge in [0.15, 0.2) is 0 Å². The van der Waals surface area contributed by atoms with E-state index in [1.165, 1.54) is 0 Å². The minimum atomic E-state index is -0.121. The first-order valence-electron chi connectivity index (χ1n) is 7.49. The highest BCUT2D eigenvalue weighted by atomic mass is 16.1. The summed E-state index contributed by atoms with van der Waals surface area (Å²) in [6, 6.07) is 7.36. The van der Waals surface area contributed by atoms with Crippen molar-refractivity contribution in [1.82, 2.24) is 20.3 Å². The maximum atomic E-state index is 12.3. The number of piperidine rings is 1. The van der Waals surface area contributed by atoms with E-state index < -0.39 is 0 Å². The summed E-state index contributed by atoms with van der Waals surface area (Å²) >= 11 is 0. The Labute approximate surface area is 129 Å². The van der Waals surface area contributed by atoms with Crippen LogP contribution in [-0.4, -0.2) is 40.0 Å². The van der Waals surface area contributed by atoms with Crippen molar-refractivity contribution in [3.63, 3.8) is 0 Å². The van der Waals surface area contributed by atoms with Crippen molar-refractivity contribution in [3.8, 4) is 0 Å². The molecule has 0 saturated carbocycles. The van der Waals surface area contributed by atoms with Gasteiger partial charge in [0.05, 0.1) is 0 Å². The van der Waals surface area contributed by atoms with E-state index in [4.69, 9.17) is 0 Å². The van der Waals surface area contributed by atoms with E-state index in [2.05, 4.69) is 25.2 Å². The van der Waals surface area contributed by atoms with Crippen LogP contribution in [0.15, 0.2) is 36.7 Å². The summed E-state index contributed by atoms with van der Waals surface area (Å²) in [6.45, 7) is 3.52. The monoisotopic (exact) mass is 297 g/mol. The van der Waals surface area contributed by atoms with Gasteiger partial charge in [-0.15, -0.1) is 0 Å². The van der Waals surface area contributed by atoms with E-state index in [-0.39, 0.29) is 11.9 Å². The number of hydrogen-bond donors (Lipinski definition) is 1. The molecular formula is C16H19N5O. The van der Waals surface area contributed by atoms with Crippen LogP contribution >= 0.6 is 0 Å². The number of aromatic nitrogens is 3. The summed E-state index contributed by atoms with van der Waals surface area (Å²) < 4.78 is 0. The van der Waals surface area contributed by atoms with Crippen molar-refractivity contribution >= 4 is 11.9 Å². The summed E-state index contributed by atoms with van der Waals surface area (Å²) in [6.07, 6.45) is 5.44. The van der Waals surface area contributed by atoms with Crippen LogP contribution in [-0.2, 0) is 0 Å². The molecule has 0 bridgehead atoms. The van der Waals surface area contributed by atoms with E-state index in [1.807, 2.05) is 19.1 Å². The van der Waals surface area contributed by atoms with Gasteiger partial charge >= 0.3 is 0 Å². The lowest BCUT2D eigenvalue weighted by molar-refractivity contribution is 0.0928. The van der Waals surface area contributed by atoms with Gasteiger partial charge < -0.3 is 10.2 Å². The number of pyridine rings is 1. The molecule has 1 saturated heterocycles. The van der Waals surface area contributed by atoms with Gasteiger partial charge in [-0.05, 0) is 38.0 Å². The second-order valence-electron chi connectivity index (χ2n) is 5.47. The number of carbonyl (C=O) groups is 1. The highest BCUT2D eigenvalue weighted by Gasteiger charge is 2.23. The molecule has 0 spiro atoms. The topological polar surface area (TPSA) is 71.0 Å². The molecule has 1 aliphatic heterocycles. The molecule has 22 heavy (non-hydrogen) atoms. The number of nitrogens with zero attached hydrogens (tertiary/aromatic N) is 4. The van der Waals surface area contributed by atoms with E-state index in [0.717, 1.165) is 37.6 Å². The van der Waals surface area contributed by atoms with Gasteiger partial charge in [-0.1, -0.05) is 6.07 Å². The van der Waals surface area contributed by atoms with Gasteiger partial charge in [-0.25, -0.2) is 15.0 Å². The molecule has 1 fully saturated rings. The molecule has 0 aromatic carbocycles. The van der Waals surface area contributed by atoms with Gasteiger partial charge in [-0.2, -0.15) is 0 Å². The SMILES string of the molecule is Cc1cccc(C(=O)N[C@H]2CCCN(c3ncccn3)C2)n1. The second-order valence-corrected chi connectivity index (χ2v) is 5.47. The van der Waals surface area contributed by atoms with Crippen LogP contribution in [0.1, 0.15) is 29.0 Å². The molecule has 6 heteroatoms. The Morgan fingerprint density at radius 2 is 2.09 bits per heavy atom. The molecule has 2 aromatic heterocycles. The van der Waals surface area contributed by atoms with Gasteiger partial charge in [0.1, 0.15) is 5.69 Å². The Kier molecular flexibility index (Phi) is 4.27. The van der Waals surface area contributed by atoms with Gasteiger partial charge in [0, 0.05) is 37.2 Å². The summed E-state index contributed by atoms with van der Waals surface area (Å²) in [5.41, 5.74) is 1.31. The van der Waals surface area contributed by atoms with E-state index >= 15 is 0 Å². The molecule has 1 atom stereocenters. The Morgan fingerprint density at radius 3 is 2.86 bits per heavy atom. The fourth-order valence-corrected chi connectivity index (χ4v) is 2.66. The van der Waals surface area contributed by atoms with Gasteiger partial charge in [-0.3, -0.25) is 4.79 Å². The maximum Gasteiger partial charge on any atom is 0.270 e. The summed E-state index contributed by atoms with van der Waals surface area (Å²) in [7, 11) is 0. The molecular weight excluding hydrogens is 278 g/mol. The molecule has 1 amide bonds. The molecule has 1 N–H and O–H groups in total. The zero-order chi connectivity index (χ0) is 15.4. The first kappa shape index (κ1) is 14.4. The van der Waals surface area contributed by atoms with Crippen molar-refractivity contribution < 1.29 is 4.79 Å². The van der Waals surface area contributed by atoms with Crippen molar-refractivity contribution in [1.29, 1.82) is 0 Å². The summed E-state index contributed by atoms with van der Waals surface area (Å²) in [5.74, 6) is 0.597. The predicted molar refractivity (Wildman–Crippen MR) is 83.7 cm³/mol. The molecule has 1 aliphatic rings. The number of rotatable bonds is 3. The largest absolute Gasteiger partial charge is 0.346 e. The lowest BCUT2D eigenvalue weighted by Crippen LogP contribution is -2.48. The Morgan fingerprint density at radius 1 is 1.27 bits per heavy atom. The average Bonchev–Trinajstić information content (AvgIpc) is 2.56. The van der Waals surface area contributed by atoms with Gasteiger partial charge in [0.2, 0.25) is 5.95 Å². The van der Waals surface area contributed by atoms with Crippen LogP contribution in [0.3, 0.4) is 0 Å². The predicted octanol–water partition coefficient (Wildman–Crippen LogP) is 1.58. The van der Waals surface area contributed by atoms with Crippen LogP contribution in [0.25, 0.3) is 0 Å². The van der Waals surface area contributed by atoms with E-state index in [0.29, 0.717) is 5.69 Å². The smallest absolute Gasteiger partial charge is 0.270 e. The molecule has 0 radical (unpaired) electrons. The molecule has 2 aromatic rings. The second kappa shape index (κ2) is 6.51. The third-order valence-corrected chi connectivity index (χ3v) is 3.71. The van der Waals surface area contributed by atoms with Gasteiger partial charge in [0.25, 0.3) is 5.91 Å². The number of nitrogens with one attached hydrogen (secondary N) is 1. The number of anilines is 1. The molecule has 6 nitrogen and oxygen atoms in total. The standard InChI is InChI=1S/C16H19N5O/c1-12-5-2-7-14(19-12)15(22)20-13-6-3-10-21(11-13)16-17-8-4-9-18-16/h2,4-5,7-9,13H,3,6,10-11H2,1H3,(H,20,22)/t13-/m0/s1. The third-order valence-electron chi connectivity index (χ3n) is 3.71. The number of carbonyl (C=O) groups excluding carboxylic acids is 1. The van der Waals surface area contributed by atoms with Crippen LogP contribution < -0.4 is 10.2 Å². The number of aryl methyl sites for hydroxylation is 1. The van der Waals surface area contributed by atoms with Crippen LogP contribution in [0.4, 0.5) is 5.95 Å². The van der Waals surface area contributed by atoms with Crippen LogP contribution in [0.2, 0.25) is 0 Å². The zero-order valence-electron chi connectivity index (χ0n) is 12.6. The fraction of sp³-hybridized carbons (Fsp3) is 0.375. The van der Waals surface area contributed by atoms with E-state index in [1.54, 1.807) is 24.5 Å². The number of hydrogen-bond acceptors (Lipinski definition) is 5. The quantitative estimate of drug-likeness (QED) is 0.931. The molecule has 0 unspecified atom stereocenters. The summed E-state index contributed by atoms with van der Waals surface area (Å²) in [5, 5.41) is 3.06. The first-order valence-corrected chi connectivity index (χ1v) is 7.49. The van der Waals surface area contributed by atoms with Crippen molar-refractivity contribution in [2.24, 2.45) is 0 Å². The van der Waals surface area contributed by atoms with Crippen molar-refractivity contribution in [2.75, 3.05) is 18.0 Å². The van der Waals surface area contributed by atoms with E-state index in [9.17, 15) is 4.79 Å². The number of amides is 1. The highest BCUT2D eigenvalue weighted by molar-refractivity contribution is 5.92. The molecule has 3 heterocycles. The normalized spacial score (nSPS) is 18.0. The molecule has 114 valence electrons. The van der Waals surface area contributed by atoms with Crippen LogP contribution in [0, 0.1) is 6.92 Å².